The zero-order chi connectivity index (χ0) is 27.2. The van der Waals surface area contributed by atoms with E-state index in [-0.39, 0.29) is 17.7 Å². The topological polar surface area (TPSA) is 230 Å². The zero-order valence-electron chi connectivity index (χ0n) is 18.5. The molecule has 3 aromatic rings. The molecule has 0 saturated carbocycles. The van der Waals surface area contributed by atoms with Crippen LogP contribution in [0.15, 0.2) is 30.9 Å². The van der Waals surface area contributed by atoms with Gasteiger partial charge < -0.3 is 44.6 Å². The fraction of sp³-hybridized carbons (Fsp3) is 0.389. The predicted octanol–water partition coefficient (Wildman–Crippen LogP) is 1.02. The molecule has 7 N–H and O–H groups in total. The molecule has 2 aromatic heterocycles. The van der Waals surface area contributed by atoms with Gasteiger partial charge in [0.15, 0.2) is 35.2 Å². The highest BCUT2D eigenvalue weighted by molar-refractivity contribution is 7.70. The maximum atomic E-state index is 11.9. The van der Waals surface area contributed by atoms with Gasteiger partial charge in [-0.3, -0.25) is 13.7 Å². The summed E-state index contributed by atoms with van der Waals surface area (Å²) in [6, 6.07) is 4.99. The number of anilines is 1. The van der Waals surface area contributed by atoms with E-state index in [2.05, 4.69) is 24.8 Å². The van der Waals surface area contributed by atoms with Crippen molar-refractivity contribution in [2.75, 3.05) is 17.8 Å². The lowest BCUT2D eigenvalue weighted by atomic mass is 10.1. The van der Waals surface area contributed by atoms with E-state index < -0.39 is 51.9 Å². The van der Waals surface area contributed by atoms with Crippen molar-refractivity contribution >= 4 is 55.4 Å². The van der Waals surface area contributed by atoms with Gasteiger partial charge in [0, 0.05) is 16.6 Å². The summed E-state index contributed by atoms with van der Waals surface area (Å²) in [5, 5.41) is 35.3. The molecule has 0 spiro atoms. The van der Waals surface area contributed by atoms with E-state index in [1.165, 1.54) is 17.2 Å². The molecule has 4 rings (SSSR count). The van der Waals surface area contributed by atoms with E-state index in [0.29, 0.717) is 15.9 Å². The molecule has 0 bridgehead atoms. The number of benzene rings is 1. The lowest BCUT2D eigenvalue weighted by molar-refractivity contribution is -0.234. The normalized spacial score (nSPS) is 23.3. The highest BCUT2D eigenvalue weighted by Crippen LogP contribution is 2.55. The van der Waals surface area contributed by atoms with Crippen molar-refractivity contribution in [2.45, 2.75) is 30.8 Å². The van der Waals surface area contributed by atoms with Crippen molar-refractivity contribution in [1.82, 2.24) is 19.5 Å². The molecule has 4 atom stereocenters. The van der Waals surface area contributed by atoms with E-state index in [4.69, 9.17) is 37.7 Å². The van der Waals surface area contributed by atoms with Crippen molar-refractivity contribution in [2.24, 2.45) is 0 Å². The summed E-state index contributed by atoms with van der Waals surface area (Å²) in [6.45, 7) is -0.710. The van der Waals surface area contributed by atoms with Crippen LogP contribution in [0.25, 0.3) is 11.2 Å². The molecule has 1 aliphatic rings. The van der Waals surface area contributed by atoms with Crippen LogP contribution in [-0.4, -0.2) is 80.0 Å². The first-order valence-corrected chi connectivity index (χ1v) is 14.6. The number of hydrogen-bond acceptors (Lipinski definition) is 11. The number of rotatable bonds is 9. The average molecular weight is 600 g/mol. The Kier molecular flexibility index (Phi) is 8.00. The number of hydrogen-bond donors (Lipinski definition) is 7. The zero-order valence-corrected chi connectivity index (χ0v) is 21.8. The van der Waals surface area contributed by atoms with Crippen molar-refractivity contribution in [1.29, 1.82) is 0 Å². The first-order valence-electron chi connectivity index (χ1n) is 10.3. The second kappa shape index (κ2) is 10.5. The largest absolute Gasteiger partial charge is 0.383 e. The smallest absolute Gasteiger partial charge is 0.340 e. The van der Waals surface area contributed by atoms with Crippen LogP contribution in [0.5, 0.6) is 0 Å². The molecule has 15 nitrogen and oxygen atoms in total. The van der Waals surface area contributed by atoms with Gasteiger partial charge in [0.05, 0.1) is 12.9 Å². The van der Waals surface area contributed by atoms with Crippen LogP contribution in [-0.2, 0) is 24.9 Å². The first-order chi connectivity index (χ1) is 17.2. The third-order valence-electron chi connectivity index (χ3n) is 5.29. The number of aliphatic hydroxyl groups is 3. The van der Waals surface area contributed by atoms with Crippen LogP contribution < -0.4 is 5.32 Å². The molecule has 1 aromatic carbocycles. The fourth-order valence-electron chi connectivity index (χ4n) is 3.65. The van der Waals surface area contributed by atoms with Gasteiger partial charge in [-0.25, -0.2) is 15.0 Å². The average Bonchev–Trinajstić information content (AvgIpc) is 3.28. The number of aromatic nitrogens is 4. The maximum Gasteiger partial charge on any atom is 0.340 e. The summed E-state index contributed by atoms with van der Waals surface area (Å²) in [5.74, 6) is -4.16. The summed E-state index contributed by atoms with van der Waals surface area (Å²) in [5.41, 5.74) is 1.14. The van der Waals surface area contributed by atoms with Crippen molar-refractivity contribution in [3.8, 4) is 0 Å². The lowest BCUT2D eigenvalue weighted by Crippen LogP contribution is -2.49. The van der Waals surface area contributed by atoms with Gasteiger partial charge in [-0.15, -0.1) is 0 Å². The van der Waals surface area contributed by atoms with E-state index in [0.717, 1.165) is 5.56 Å². The van der Waals surface area contributed by atoms with E-state index >= 15 is 0 Å². The summed E-state index contributed by atoms with van der Waals surface area (Å²) in [6.07, 6.45) is -2.86. The molecule has 0 aliphatic carbocycles. The van der Waals surface area contributed by atoms with Gasteiger partial charge in [-0.2, -0.15) is 0 Å². The molecule has 19 heteroatoms. The quantitative estimate of drug-likeness (QED) is 0.134. The van der Waals surface area contributed by atoms with Crippen LogP contribution in [0.3, 0.4) is 0 Å². The Bertz CT molecular complexity index is 1380. The van der Waals surface area contributed by atoms with Gasteiger partial charge in [0.1, 0.15) is 12.4 Å². The van der Waals surface area contributed by atoms with Gasteiger partial charge in [0.2, 0.25) is 5.79 Å². The minimum Gasteiger partial charge on any atom is -0.383 e. The molecule has 1 saturated heterocycles. The highest BCUT2D eigenvalue weighted by atomic mass is 35.5. The molecule has 37 heavy (non-hydrogen) atoms. The number of nitrogens with one attached hydrogen (secondary N) is 1. The Hall–Kier alpha value is -1.71. The van der Waals surface area contributed by atoms with E-state index in [1.54, 1.807) is 18.2 Å². The molecule has 3 heterocycles. The van der Waals surface area contributed by atoms with Crippen LogP contribution in [0.1, 0.15) is 11.8 Å². The van der Waals surface area contributed by atoms with Gasteiger partial charge in [-0.1, -0.05) is 23.2 Å². The first kappa shape index (κ1) is 28.3. The van der Waals surface area contributed by atoms with Crippen LogP contribution in [0.4, 0.5) is 5.82 Å². The Morgan fingerprint density at radius 1 is 1.11 bits per heavy atom. The SMILES string of the molecule is O=P(O)(O)CP(=O)(O)OC[C@H]1O[C@@H](n2cnc3c(NCc4cc(Cl)cc(Cl)c4)ncnc32)[C@H](O)C1(O)O. The molecular weight excluding hydrogens is 579 g/mol. The van der Waals surface area contributed by atoms with E-state index in [1.807, 2.05) is 0 Å². The Balaban J connectivity index is 1.53. The summed E-state index contributed by atoms with van der Waals surface area (Å²) in [7, 11) is -9.73. The number of halogens is 2. The number of nitrogens with zero attached hydrogens (tertiary/aromatic N) is 4. The predicted molar refractivity (Wildman–Crippen MR) is 129 cm³/mol. The number of aliphatic hydroxyl groups excluding tert-OH is 1. The molecule has 1 fully saturated rings. The molecule has 1 unspecified atom stereocenters. The van der Waals surface area contributed by atoms with Crippen molar-refractivity contribution in [3.63, 3.8) is 0 Å². The lowest BCUT2D eigenvalue weighted by Gasteiger charge is -2.25. The Morgan fingerprint density at radius 2 is 1.78 bits per heavy atom. The molecule has 0 amide bonds. The van der Waals surface area contributed by atoms with Crippen LogP contribution in [0.2, 0.25) is 10.0 Å². The molecule has 0 radical (unpaired) electrons. The van der Waals surface area contributed by atoms with Gasteiger partial charge >= 0.3 is 15.2 Å². The maximum absolute atomic E-state index is 11.9. The Morgan fingerprint density at radius 3 is 2.43 bits per heavy atom. The standard InChI is InChI=1S/C18H21Cl2N5O10P2/c19-10-1-9(2-11(20)3-10)4-21-15-13-16(23-6-22-15)25(7-24-13)17-14(26)18(27,28)12(35-17)5-34-37(32,33)8-36(29,30)31/h1-3,6-7,12,14,17,26-28H,4-5,8H2,(H,32,33)(H,21,22,23)(H2,29,30,31)/t12-,14+,17-/m1/s1. The van der Waals surface area contributed by atoms with Crippen molar-refractivity contribution in [3.05, 3.63) is 46.5 Å². The third-order valence-corrected chi connectivity index (χ3v) is 9.18. The fourth-order valence-corrected chi connectivity index (χ4v) is 6.78. The minimum absolute atomic E-state index is 0.136. The second-order valence-corrected chi connectivity index (χ2v) is 13.0. The second-order valence-electron chi connectivity index (χ2n) is 8.16. The van der Waals surface area contributed by atoms with Gasteiger partial charge in [0.25, 0.3) is 0 Å². The number of fused-ring (bicyclic) bond motifs is 1. The molecule has 1 aliphatic heterocycles. The minimum atomic E-state index is -4.91. The van der Waals surface area contributed by atoms with Gasteiger partial charge in [-0.05, 0) is 23.8 Å². The highest BCUT2D eigenvalue weighted by Gasteiger charge is 2.56. The van der Waals surface area contributed by atoms with Crippen LogP contribution in [0, 0.1) is 0 Å². The van der Waals surface area contributed by atoms with Crippen molar-refractivity contribution < 1.29 is 48.4 Å². The molecule has 202 valence electrons. The summed E-state index contributed by atoms with van der Waals surface area (Å²) in [4.78, 5) is 39.9. The summed E-state index contributed by atoms with van der Waals surface area (Å²) < 4.78 is 34.2. The van der Waals surface area contributed by atoms with Crippen LogP contribution >= 0.6 is 38.4 Å². The van der Waals surface area contributed by atoms with E-state index in [9.17, 15) is 29.3 Å². The number of ether oxygens (including phenoxy) is 1. The number of imidazole rings is 1. The molecular formula is C18H21Cl2N5O10P2. The Labute approximate surface area is 218 Å². The summed E-state index contributed by atoms with van der Waals surface area (Å²) >= 11 is 12.0. The monoisotopic (exact) mass is 599 g/mol. The third kappa shape index (κ3) is 6.48.